The number of aryl methyl sites for hydroxylation is 2. The van der Waals surface area contributed by atoms with E-state index in [9.17, 15) is 14.7 Å². The number of benzene rings is 1. The molecule has 2 N–H and O–H groups in total. The molecule has 0 aliphatic carbocycles. The van der Waals surface area contributed by atoms with Crippen molar-refractivity contribution in [2.45, 2.75) is 40.2 Å². The molecule has 0 unspecified atom stereocenters. The Morgan fingerprint density at radius 1 is 1.24 bits per heavy atom. The highest BCUT2D eigenvalue weighted by molar-refractivity contribution is 6.00. The molecule has 0 aliphatic rings. The lowest BCUT2D eigenvalue weighted by Crippen LogP contribution is -2.28. The monoisotopic (exact) mass is 289 g/mol. The fourth-order valence-electron chi connectivity index (χ4n) is 2.26. The van der Waals surface area contributed by atoms with E-state index in [2.05, 4.69) is 4.98 Å². The van der Waals surface area contributed by atoms with Crippen LogP contribution in [-0.2, 0) is 4.74 Å². The van der Waals surface area contributed by atoms with Crippen LogP contribution in [0.3, 0.4) is 0 Å². The molecule has 2 aromatic rings. The lowest BCUT2D eigenvalue weighted by molar-refractivity contribution is 0.00651. The molecule has 0 atom stereocenters. The number of nitrogens with one attached hydrogen (secondary N) is 1. The molecule has 1 aromatic heterocycles. The van der Waals surface area contributed by atoms with Crippen LogP contribution >= 0.6 is 0 Å². The first-order valence-electron chi connectivity index (χ1n) is 6.69. The molecule has 21 heavy (non-hydrogen) atoms. The van der Waals surface area contributed by atoms with Gasteiger partial charge in [-0.2, -0.15) is 0 Å². The minimum absolute atomic E-state index is 0.338. The second-order valence-electron chi connectivity index (χ2n) is 6.18. The van der Waals surface area contributed by atoms with Crippen molar-refractivity contribution in [3.63, 3.8) is 0 Å². The number of pyridine rings is 1. The number of carbonyl (C=O) groups is 1. The van der Waals surface area contributed by atoms with Crippen LogP contribution in [0.5, 0.6) is 5.75 Å². The van der Waals surface area contributed by atoms with Crippen molar-refractivity contribution in [2.24, 2.45) is 0 Å². The van der Waals surface area contributed by atoms with Gasteiger partial charge in [0.05, 0.1) is 5.52 Å². The second-order valence-corrected chi connectivity index (χ2v) is 6.18. The van der Waals surface area contributed by atoms with Gasteiger partial charge >= 0.3 is 5.97 Å². The van der Waals surface area contributed by atoms with Crippen LogP contribution in [0.2, 0.25) is 0 Å². The summed E-state index contributed by atoms with van der Waals surface area (Å²) in [7, 11) is 0. The zero-order valence-electron chi connectivity index (χ0n) is 12.8. The first-order chi connectivity index (χ1) is 9.60. The molecule has 1 heterocycles. The number of hydrogen-bond acceptors (Lipinski definition) is 4. The van der Waals surface area contributed by atoms with Gasteiger partial charge in [-0.05, 0) is 51.8 Å². The Morgan fingerprint density at radius 2 is 1.86 bits per heavy atom. The first-order valence-corrected chi connectivity index (χ1v) is 6.69. The molecular formula is C16H19NO4. The van der Waals surface area contributed by atoms with Gasteiger partial charge in [0.15, 0.2) is 5.56 Å². The lowest BCUT2D eigenvalue weighted by Gasteiger charge is -2.19. The van der Waals surface area contributed by atoms with E-state index in [1.165, 1.54) is 0 Å². The number of carbonyl (C=O) groups excluding carboxylic acids is 1. The first kappa shape index (κ1) is 15.1. The third kappa shape index (κ3) is 2.91. The molecule has 5 heteroatoms. The quantitative estimate of drug-likeness (QED) is 0.791. The minimum Gasteiger partial charge on any atom is -0.506 e. The Balaban J connectivity index is 2.72. The highest BCUT2D eigenvalue weighted by Crippen LogP contribution is 2.29. The topological polar surface area (TPSA) is 79.4 Å². The number of fused-ring (bicyclic) bond motifs is 1. The maximum atomic E-state index is 12.1. The highest BCUT2D eigenvalue weighted by Gasteiger charge is 2.25. The summed E-state index contributed by atoms with van der Waals surface area (Å²) >= 11 is 0. The normalized spacial score (nSPS) is 11.7. The Morgan fingerprint density at radius 3 is 2.43 bits per heavy atom. The predicted molar refractivity (Wildman–Crippen MR) is 80.9 cm³/mol. The highest BCUT2D eigenvalue weighted by atomic mass is 16.6. The van der Waals surface area contributed by atoms with Crippen LogP contribution in [0.4, 0.5) is 0 Å². The van der Waals surface area contributed by atoms with E-state index in [0.29, 0.717) is 10.9 Å². The number of hydrogen-bond donors (Lipinski definition) is 2. The van der Waals surface area contributed by atoms with E-state index in [1.807, 2.05) is 19.9 Å². The smallest absolute Gasteiger partial charge is 0.348 e. The van der Waals surface area contributed by atoms with Crippen molar-refractivity contribution >= 4 is 16.9 Å². The number of aromatic hydroxyl groups is 1. The maximum absolute atomic E-state index is 12.1. The van der Waals surface area contributed by atoms with Gasteiger partial charge in [0.1, 0.15) is 11.4 Å². The van der Waals surface area contributed by atoms with Crippen molar-refractivity contribution in [2.75, 3.05) is 0 Å². The summed E-state index contributed by atoms with van der Waals surface area (Å²) in [5.41, 5.74) is 0.526. The zero-order chi connectivity index (χ0) is 15.9. The molecule has 0 aliphatic heterocycles. The number of ether oxygens (including phenoxy) is 1. The molecule has 0 amide bonds. The zero-order valence-corrected chi connectivity index (χ0v) is 12.8. The van der Waals surface area contributed by atoms with Gasteiger partial charge in [0, 0.05) is 5.39 Å². The van der Waals surface area contributed by atoms with E-state index < -0.39 is 17.1 Å². The van der Waals surface area contributed by atoms with Crippen molar-refractivity contribution in [3.05, 3.63) is 39.2 Å². The summed E-state index contributed by atoms with van der Waals surface area (Å²) in [6, 6.07) is 3.62. The molecule has 0 saturated carbocycles. The van der Waals surface area contributed by atoms with Gasteiger partial charge in [0.2, 0.25) is 0 Å². The summed E-state index contributed by atoms with van der Waals surface area (Å²) < 4.78 is 5.18. The number of esters is 1. The fraction of sp³-hybridized carbons (Fsp3) is 0.375. The van der Waals surface area contributed by atoms with Crippen molar-refractivity contribution in [1.29, 1.82) is 0 Å². The summed E-state index contributed by atoms with van der Waals surface area (Å²) in [5.74, 6) is -1.17. The molecule has 0 bridgehead atoms. The summed E-state index contributed by atoms with van der Waals surface area (Å²) in [6.07, 6.45) is 0. The van der Waals surface area contributed by atoms with Gasteiger partial charge in [-0.1, -0.05) is 6.07 Å². The largest absolute Gasteiger partial charge is 0.506 e. The van der Waals surface area contributed by atoms with E-state index >= 15 is 0 Å². The van der Waals surface area contributed by atoms with Gasteiger partial charge in [0.25, 0.3) is 5.56 Å². The van der Waals surface area contributed by atoms with Crippen LogP contribution in [0.15, 0.2) is 16.9 Å². The Bertz CT molecular complexity index is 781. The number of aromatic nitrogens is 1. The maximum Gasteiger partial charge on any atom is 0.348 e. The average Bonchev–Trinajstić information content (AvgIpc) is 2.28. The van der Waals surface area contributed by atoms with Crippen LogP contribution in [0, 0.1) is 13.8 Å². The molecular weight excluding hydrogens is 270 g/mol. The molecule has 112 valence electrons. The molecule has 1 aromatic carbocycles. The molecule has 2 rings (SSSR count). The molecule has 0 spiro atoms. The van der Waals surface area contributed by atoms with Gasteiger partial charge < -0.3 is 14.8 Å². The van der Waals surface area contributed by atoms with Gasteiger partial charge in [-0.15, -0.1) is 0 Å². The Hall–Kier alpha value is -2.30. The molecule has 5 nitrogen and oxygen atoms in total. The Labute approximate surface area is 122 Å². The minimum atomic E-state index is -0.831. The van der Waals surface area contributed by atoms with Crippen LogP contribution in [0.25, 0.3) is 10.9 Å². The predicted octanol–water partition coefficient (Wildman–Crippen LogP) is 2.81. The van der Waals surface area contributed by atoms with Crippen molar-refractivity contribution in [3.8, 4) is 5.75 Å². The number of H-pyrrole nitrogens is 1. The van der Waals surface area contributed by atoms with Crippen molar-refractivity contribution < 1.29 is 14.6 Å². The van der Waals surface area contributed by atoms with Gasteiger partial charge in [-0.25, -0.2) is 4.79 Å². The average molecular weight is 289 g/mol. The van der Waals surface area contributed by atoms with Crippen LogP contribution in [-0.4, -0.2) is 21.7 Å². The lowest BCUT2D eigenvalue weighted by atomic mass is 10.0. The van der Waals surface area contributed by atoms with E-state index in [-0.39, 0.29) is 11.3 Å². The third-order valence-corrected chi connectivity index (χ3v) is 3.04. The standard InChI is InChI=1S/C16H19NO4/c1-8-6-9(2)12-10(7-8)13(18)11(14(19)17-12)15(20)21-16(3,4)5/h6-7H,1-5H3,(H2,17,18,19). The van der Waals surface area contributed by atoms with Crippen LogP contribution in [0.1, 0.15) is 42.3 Å². The number of rotatable bonds is 1. The summed E-state index contributed by atoms with van der Waals surface area (Å²) in [5, 5.41) is 10.8. The van der Waals surface area contributed by atoms with Crippen LogP contribution < -0.4 is 5.56 Å². The SMILES string of the molecule is Cc1cc(C)c2[nH]c(=O)c(C(=O)OC(C)(C)C)c(O)c2c1. The molecule has 0 fully saturated rings. The van der Waals surface area contributed by atoms with E-state index in [4.69, 9.17) is 4.74 Å². The molecule has 0 radical (unpaired) electrons. The fourth-order valence-corrected chi connectivity index (χ4v) is 2.26. The third-order valence-electron chi connectivity index (χ3n) is 3.04. The summed E-state index contributed by atoms with van der Waals surface area (Å²) in [4.78, 5) is 26.9. The van der Waals surface area contributed by atoms with Gasteiger partial charge in [-0.3, -0.25) is 4.79 Å². The summed E-state index contributed by atoms with van der Waals surface area (Å²) in [6.45, 7) is 8.81. The Kier molecular flexibility index (Phi) is 3.53. The second kappa shape index (κ2) is 4.91. The van der Waals surface area contributed by atoms with E-state index in [1.54, 1.807) is 26.8 Å². The van der Waals surface area contributed by atoms with Crippen molar-refractivity contribution in [1.82, 2.24) is 4.98 Å². The number of aromatic amines is 1. The molecule has 0 saturated heterocycles. The van der Waals surface area contributed by atoms with E-state index in [0.717, 1.165) is 11.1 Å².